The molecule has 0 saturated carbocycles. The van der Waals surface area contributed by atoms with Gasteiger partial charge in [-0.15, -0.1) is 0 Å². The lowest BCUT2D eigenvalue weighted by atomic mass is 9.97. The van der Waals surface area contributed by atoms with Crippen LogP contribution in [0.2, 0.25) is 0 Å². The van der Waals surface area contributed by atoms with Gasteiger partial charge in [-0.25, -0.2) is 27.1 Å². The fraction of sp³-hybridized carbons (Fsp3) is 0.476. The van der Waals surface area contributed by atoms with E-state index >= 15 is 0 Å². The van der Waals surface area contributed by atoms with Gasteiger partial charge in [-0.2, -0.15) is 0 Å². The maximum absolute atomic E-state index is 13.3. The fourth-order valence-corrected chi connectivity index (χ4v) is 5.09. The van der Waals surface area contributed by atoms with Crippen LogP contribution in [0, 0.1) is 12.7 Å². The summed E-state index contributed by atoms with van der Waals surface area (Å²) < 4.78 is 38.7. The molecule has 0 unspecified atom stereocenters. The Labute approximate surface area is 176 Å². The molecule has 0 radical (unpaired) electrons. The molecule has 2 aromatic rings. The van der Waals surface area contributed by atoms with E-state index in [0.29, 0.717) is 44.1 Å². The first-order valence-electron chi connectivity index (χ1n) is 10.1. The van der Waals surface area contributed by atoms with Gasteiger partial charge in [0.2, 0.25) is 15.9 Å². The summed E-state index contributed by atoms with van der Waals surface area (Å²) in [6.45, 7) is 3.08. The number of hydrogen-bond donors (Lipinski definition) is 0. The van der Waals surface area contributed by atoms with Crippen molar-refractivity contribution in [2.45, 2.75) is 45.1 Å². The molecule has 30 heavy (non-hydrogen) atoms. The number of nitrogens with zero attached hydrogens (tertiary/aromatic N) is 4. The molecule has 0 spiro atoms. The Bertz CT molecular complexity index is 1070. The Morgan fingerprint density at radius 1 is 1.17 bits per heavy atom. The molecule has 0 bridgehead atoms. The van der Waals surface area contributed by atoms with Crippen molar-refractivity contribution in [3.63, 3.8) is 0 Å². The Morgan fingerprint density at radius 2 is 1.90 bits per heavy atom. The Hall–Kier alpha value is -2.39. The molecule has 1 aromatic heterocycles. The first-order chi connectivity index (χ1) is 14.2. The van der Waals surface area contributed by atoms with Crippen molar-refractivity contribution < 1.29 is 17.6 Å². The van der Waals surface area contributed by atoms with Crippen LogP contribution < -0.4 is 4.90 Å². The van der Waals surface area contributed by atoms with E-state index < -0.39 is 10.0 Å². The highest BCUT2D eigenvalue weighted by Crippen LogP contribution is 2.33. The van der Waals surface area contributed by atoms with Crippen molar-refractivity contribution in [1.29, 1.82) is 0 Å². The van der Waals surface area contributed by atoms with Crippen LogP contribution in [0.25, 0.3) is 0 Å². The molecule has 2 aliphatic rings. The van der Waals surface area contributed by atoms with Gasteiger partial charge in [-0.3, -0.25) is 9.69 Å². The quantitative estimate of drug-likeness (QED) is 0.741. The third-order valence-electron chi connectivity index (χ3n) is 5.83. The van der Waals surface area contributed by atoms with Crippen molar-refractivity contribution in [2.24, 2.45) is 0 Å². The molecular weight excluding hydrogens is 407 g/mol. The highest BCUT2D eigenvalue weighted by atomic mass is 32.2. The van der Waals surface area contributed by atoms with E-state index in [9.17, 15) is 17.6 Å². The number of aryl methyl sites for hydroxylation is 1. The van der Waals surface area contributed by atoms with E-state index in [2.05, 4.69) is 4.98 Å². The molecule has 2 aliphatic heterocycles. The monoisotopic (exact) mass is 432 g/mol. The van der Waals surface area contributed by atoms with E-state index in [0.717, 1.165) is 29.7 Å². The largest absolute Gasteiger partial charge is 0.292 e. The SMILES string of the molecule is Cc1nc([C@H]2CCCN(S(C)(=O)=O)C2)nc2c1CCC(=O)N2Cc1ccc(F)cc1. The summed E-state index contributed by atoms with van der Waals surface area (Å²) in [6, 6.07) is 6.08. The molecule has 4 rings (SSSR count). The van der Waals surface area contributed by atoms with Gasteiger partial charge < -0.3 is 0 Å². The van der Waals surface area contributed by atoms with Crippen LogP contribution in [-0.4, -0.2) is 47.9 Å². The van der Waals surface area contributed by atoms with Crippen molar-refractivity contribution in [3.05, 3.63) is 52.7 Å². The maximum Gasteiger partial charge on any atom is 0.228 e. The minimum atomic E-state index is -3.28. The summed E-state index contributed by atoms with van der Waals surface area (Å²) in [4.78, 5) is 23.8. The van der Waals surface area contributed by atoms with Crippen LogP contribution in [0.3, 0.4) is 0 Å². The normalized spacial score (nSPS) is 20.3. The number of fused-ring (bicyclic) bond motifs is 1. The van der Waals surface area contributed by atoms with Crippen LogP contribution in [0.15, 0.2) is 24.3 Å². The smallest absolute Gasteiger partial charge is 0.228 e. The topological polar surface area (TPSA) is 83.5 Å². The number of amides is 1. The number of carbonyl (C=O) groups excluding carboxylic acids is 1. The number of halogens is 1. The molecule has 3 heterocycles. The third-order valence-corrected chi connectivity index (χ3v) is 7.10. The van der Waals surface area contributed by atoms with Crippen LogP contribution in [-0.2, 0) is 27.8 Å². The number of carbonyl (C=O) groups is 1. The molecule has 1 saturated heterocycles. The van der Waals surface area contributed by atoms with Gasteiger partial charge in [-0.1, -0.05) is 12.1 Å². The van der Waals surface area contributed by atoms with Crippen molar-refractivity contribution in [2.75, 3.05) is 24.2 Å². The zero-order chi connectivity index (χ0) is 21.5. The first kappa shape index (κ1) is 20.9. The molecule has 160 valence electrons. The molecule has 1 atom stereocenters. The van der Waals surface area contributed by atoms with E-state index in [-0.39, 0.29) is 17.6 Å². The summed E-state index contributed by atoms with van der Waals surface area (Å²) in [7, 11) is -3.28. The van der Waals surface area contributed by atoms with E-state index in [4.69, 9.17) is 4.98 Å². The minimum Gasteiger partial charge on any atom is -0.292 e. The van der Waals surface area contributed by atoms with Gasteiger partial charge in [-0.05, 0) is 43.9 Å². The lowest BCUT2D eigenvalue weighted by Crippen LogP contribution is -2.40. The minimum absolute atomic E-state index is 0.0303. The van der Waals surface area contributed by atoms with Gasteiger partial charge in [0, 0.05) is 36.7 Å². The summed E-state index contributed by atoms with van der Waals surface area (Å²) in [5, 5.41) is 0. The van der Waals surface area contributed by atoms with E-state index in [1.165, 1.54) is 22.7 Å². The van der Waals surface area contributed by atoms with Gasteiger partial charge in [0.25, 0.3) is 0 Å². The van der Waals surface area contributed by atoms with Crippen molar-refractivity contribution in [3.8, 4) is 0 Å². The van der Waals surface area contributed by atoms with Gasteiger partial charge in [0.1, 0.15) is 17.5 Å². The summed E-state index contributed by atoms with van der Waals surface area (Å²) in [5.41, 5.74) is 2.58. The zero-order valence-corrected chi connectivity index (χ0v) is 18.0. The number of benzene rings is 1. The molecule has 9 heteroatoms. The summed E-state index contributed by atoms with van der Waals surface area (Å²) in [6.07, 6.45) is 3.73. The van der Waals surface area contributed by atoms with Crippen LogP contribution in [0.1, 0.15) is 47.8 Å². The number of aromatic nitrogens is 2. The Balaban J connectivity index is 1.68. The van der Waals surface area contributed by atoms with Crippen molar-refractivity contribution >= 4 is 21.7 Å². The average Bonchev–Trinajstić information content (AvgIpc) is 2.71. The third kappa shape index (κ3) is 4.22. The maximum atomic E-state index is 13.3. The molecule has 1 aromatic carbocycles. The number of anilines is 1. The predicted octanol–water partition coefficient (Wildman–Crippen LogP) is 2.54. The lowest BCUT2D eigenvalue weighted by molar-refractivity contribution is -0.119. The number of piperidine rings is 1. The van der Waals surface area contributed by atoms with Crippen molar-refractivity contribution in [1.82, 2.24) is 14.3 Å². The zero-order valence-electron chi connectivity index (χ0n) is 17.1. The second kappa shape index (κ2) is 8.03. The Morgan fingerprint density at radius 3 is 2.60 bits per heavy atom. The van der Waals surface area contributed by atoms with Gasteiger partial charge >= 0.3 is 0 Å². The van der Waals surface area contributed by atoms with E-state index in [1.54, 1.807) is 17.0 Å². The predicted molar refractivity (Wildman–Crippen MR) is 111 cm³/mol. The lowest BCUT2D eigenvalue weighted by Gasteiger charge is -2.33. The van der Waals surface area contributed by atoms with Gasteiger partial charge in [0.15, 0.2) is 0 Å². The van der Waals surface area contributed by atoms with Gasteiger partial charge in [0.05, 0.1) is 12.8 Å². The molecule has 0 aliphatic carbocycles. The average molecular weight is 433 g/mol. The molecule has 1 fully saturated rings. The number of sulfonamides is 1. The molecule has 0 N–H and O–H groups in total. The second-order valence-electron chi connectivity index (χ2n) is 8.04. The number of rotatable bonds is 4. The highest BCUT2D eigenvalue weighted by molar-refractivity contribution is 7.88. The molecular formula is C21H25FN4O3S. The summed E-state index contributed by atoms with van der Waals surface area (Å²) >= 11 is 0. The van der Waals surface area contributed by atoms with E-state index in [1.807, 2.05) is 6.92 Å². The van der Waals surface area contributed by atoms with Crippen LogP contribution in [0.4, 0.5) is 10.2 Å². The highest BCUT2D eigenvalue weighted by Gasteiger charge is 2.32. The molecule has 7 nitrogen and oxygen atoms in total. The summed E-state index contributed by atoms with van der Waals surface area (Å²) in [5.74, 6) is 0.713. The first-order valence-corrected chi connectivity index (χ1v) is 11.9. The standard InChI is InChI=1S/C21H25FN4O3S/c1-14-18-9-10-19(27)26(12-15-5-7-17(22)8-6-15)21(18)24-20(23-14)16-4-3-11-25(13-16)30(2,28)29/h5-8,16H,3-4,9-13H2,1-2H3/t16-/m0/s1. The number of hydrogen-bond acceptors (Lipinski definition) is 5. The van der Waals surface area contributed by atoms with Crippen LogP contribution in [0.5, 0.6) is 0 Å². The Kier molecular flexibility index (Phi) is 5.59. The second-order valence-corrected chi connectivity index (χ2v) is 10.0. The van der Waals surface area contributed by atoms with Crippen LogP contribution >= 0.6 is 0 Å². The fourth-order valence-electron chi connectivity index (χ4n) is 4.18. The molecule has 1 amide bonds.